The summed E-state index contributed by atoms with van der Waals surface area (Å²) in [6.45, 7) is 3.05. The first-order chi connectivity index (χ1) is 8.84. The highest BCUT2D eigenvalue weighted by Gasteiger charge is 2.34. The molecule has 0 spiro atoms. The van der Waals surface area contributed by atoms with E-state index in [9.17, 15) is 13.2 Å². The van der Waals surface area contributed by atoms with E-state index in [-0.39, 0.29) is 0 Å². The molecule has 1 aromatic rings. The van der Waals surface area contributed by atoms with E-state index in [1.807, 2.05) is 0 Å². The zero-order valence-corrected chi connectivity index (χ0v) is 13.5. The first-order valence-corrected chi connectivity index (χ1v) is 7.95. The SMILES string of the molecule is CC1CCN(c2ccc(C(F)(F)F)cc2Br)C1CBr. The molecule has 1 nitrogen and oxygen atoms in total. The summed E-state index contributed by atoms with van der Waals surface area (Å²) in [7, 11) is 0. The van der Waals surface area contributed by atoms with E-state index in [2.05, 4.69) is 43.7 Å². The summed E-state index contributed by atoms with van der Waals surface area (Å²) in [6, 6.07) is 4.19. The van der Waals surface area contributed by atoms with Gasteiger partial charge in [-0.25, -0.2) is 0 Å². The number of hydrogen-bond donors (Lipinski definition) is 0. The molecule has 0 saturated carbocycles. The van der Waals surface area contributed by atoms with Gasteiger partial charge >= 0.3 is 6.18 Å². The zero-order valence-electron chi connectivity index (χ0n) is 10.3. The number of nitrogens with zero attached hydrogens (tertiary/aromatic N) is 1. The average molecular weight is 401 g/mol. The van der Waals surface area contributed by atoms with Crippen LogP contribution in [0.4, 0.5) is 18.9 Å². The maximum absolute atomic E-state index is 12.6. The van der Waals surface area contributed by atoms with Crippen LogP contribution in [0.15, 0.2) is 22.7 Å². The van der Waals surface area contributed by atoms with Crippen molar-refractivity contribution in [2.45, 2.75) is 25.6 Å². The molecule has 2 rings (SSSR count). The number of anilines is 1. The zero-order chi connectivity index (χ0) is 14.2. The van der Waals surface area contributed by atoms with Crippen molar-refractivity contribution in [1.29, 1.82) is 0 Å². The number of rotatable bonds is 2. The second-order valence-electron chi connectivity index (χ2n) is 4.84. The van der Waals surface area contributed by atoms with Crippen LogP contribution in [-0.4, -0.2) is 17.9 Å². The first-order valence-electron chi connectivity index (χ1n) is 6.04. The predicted octanol–water partition coefficient (Wildman–Crippen LogP) is 5.08. The molecule has 1 heterocycles. The highest BCUT2D eigenvalue weighted by atomic mass is 79.9. The first kappa shape index (κ1) is 15.2. The second kappa shape index (κ2) is 5.64. The number of hydrogen-bond acceptors (Lipinski definition) is 1. The Kier molecular flexibility index (Phi) is 4.50. The standard InChI is InChI=1S/C13H14Br2F3N/c1-8-4-5-19(12(8)7-14)11-3-2-9(6-10(11)15)13(16,17)18/h2-3,6,8,12H,4-5,7H2,1H3. The van der Waals surface area contributed by atoms with Gasteiger partial charge in [0.1, 0.15) is 0 Å². The van der Waals surface area contributed by atoms with Gasteiger partial charge < -0.3 is 4.90 Å². The number of halogens is 5. The summed E-state index contributed by atoms with van der Waals surface area (Å²) < 4.78 is 38.4. The van der Waals surface area contributed by atoms with Crippen LogP contribution in [0.25, 0.3) is 0 Å². The highest BCUT2D eigenvalue weighted by Crippen LogP contribution is 2.38. The predicted molar refractivity (Wildman–Crippen MR) is 77.9 cm³/mol. The Morgan fingerprint density at radius 1 is 1.37 bits per heavy atom. The maximum atomic E-state index is 12.6. The van der Waals surface area contributed by atoms with Crippen LogP contribution in [0.1, 0.15) is 18.9 Å². The van der Waals surface area contributed by atoms with Crippen LogP contribution in [0, 0.1) is 5.92 Å². The van der Waals surface area contributed by atoms with E-state index in [4.69, 9.17) is 0 Å². The minimum atomic E-state index is -4.30. The van der Waals surface area contributed by atoms with Gasteiger partial charge in [0.25, 0.3) is 0 Å². The monoisotopic (exact) mass is 399 g/mol. The van der Waals surface area contributed by atoms with E-state index in [0.29, 0.717) is 16.4 Å². The van der Waals surface area contributed by atoms with Gasteiger partial charge in [0, 0.05) is 22.4 Å². The van der Waals surface area contributed by atoms with Gasteiger partial charge in [-0.15, -0.1) is 0 Å². The van der Waals surface area contributed by atoms with Crippen molar-refractivity contribution in [2.24, 2.45) is 5.92 Å². The van der Waals surface area contributed by atoms with Gasteiger partial charge in [-0.2, -0.15) is 13.2 Å². The lowest BCUT2D eigenvalue weighted by molar-refractivity contribution is -0.137. The average Bonchev–Trinajstić information content (AvgIpc) is 2.69. The molecule has 2 unspecified atom stereocenters. The van der Waals surface area contributed by atoms with Crippen molar-refractivity contribution in [2.75, 3.05) is 16.8 Å². The molecule has 1 aliphatic rings. The van der Waals surface area contributed by atoms with Gasteiger partial charge in [0.2, 0.25) is 0 Å². The van der Waals surface area contributed by atoms with Crippen molar-refractivity contribution >= 4 is 37.5 Å². The van der Waals surface area contributed by atoms with Crippen LogP contribution >= 0.6 is 31.9 Å². The van der Waals surface area contributed by atoms with Crippen molar-refractivity contribution in [3.63, 3.8) is 0 Å². The fourth-order valence-corrected chi connectivity index (χ4v) is 4.05. The summed E-state index contributed by atoms with van der Waals surface area (Å²) in [5, 5.41) is 0.821. The van der Waals surface area contributed by atoms with E-state index in [1.54, 1.807) is 6.07 Å². The Hall–Kier alpha value is -0.230. The highest BCUT2D eigenvalue weighted by molar-refractivity contribution is 9.10. The van der Waals surface area contributed by atoms with E-state index < -0.39 is 11.7 Å². The topological polar surface area (TPSA) is 3.24 Å². The Bertz CT molecular complexity index is 462. The van der Waals surface area contributed by atoms with Gasteiger partial charge in [0.15, 0.2) is 0 Å². The Morgan fingerprint density at radius 2 is 2.05 bits per heavy atom. The lowest BCUT2D eigenvalue weighted by atomic mass is 10.0. The largest absolute Gasteiger partial charge is 0.416 e. The molecule has 0 N–H and O–H groups in total. The van der Waals surface area contributed by atoms with Crippen LogP contribution in [0.3, 0.4) is 0 Å². The Balaban J connectivity index is 2.32. The van der Waals surface area contributed by atoms with E-state index >= 15 is 0 Å². The van der Waals surface area contributed by atoms with Crippen LogP contribution < -0.4 is 4.90 Å². The number of benzene rings is 1. The van der Waals surface area contributed by atoms with Crippen molar-refractivity contribution in [3.05, 3.63) is 28.2 Å². The number of alkyl halides is 4. The third kappa shape index (κ3) is 3.10. The van der Waals surface area contributed by atoms with Gasteiger partial charge in [-0.05, 0) is 46.5 Å². The molecular formula is C13H14Br2F3N. The molecule has 0 amide bonds. The quantitative estimate of drug-likeness (QED) is 0.626. The third-order valence-corrected chi connectivity index (χ3v) is 4.92. The lowest BCUT2D eigenvalue weighted by Gasteiger charge is -2.28. The summed E-state index contributed by atoms with van der Waals surface area (Å²) in [6.07, 6.45) is -3.24. The second-order valence-corrected chi connectivity index (χ2v) is 6.35. The summed E-state index contributed by atoms with van der Waals surface area (Å²) in [4.78, 5) is 2.17. The molecular weight excluding hydrogens is 387 g/mol. The maximum Gasteiger partial charge on any atom is 0.416 e. The minimum absolute atomic E-state index is 0.327. The van der Waals surface area contributed by atoms with Crippen LogP contribution in [0.5, 0.6) is 0 Å². The lowest BCUT2D eigenvalue weighted by Crippen LogP contribution is -2.33. The van der Waals surface area contributed by atoms with Crippen LogP contribution in [-0.2, 0) is 6.18 Å². The van der Waals surface area contributed by atoms with Gasteiger partial charge in [-0.3, -0.25) is 0 Å². The van der Waals surface area contributed by atoms with E-state index in [0.717, 1.165) is 36.1 Å². The van der Waals surface area contributed by atoms with Crippen molar-refractivity contribution < 1.29 is 13.2 Å². The fourth-order valence-electron chi connectivity index (χ4n) is 2.46. The van der Waals surface area contributed by atoms with Crippen LogP contribution in [0.2, 0.25) is 0 Å². The van der Waals surface area contributed by atoms with Gasteiger partial charge in [-0.1, -0.05) is 22.9 Å². The molecule has 6 heteroatoms. The van der Waals surface area contributed by atoms with Gasteiger partial charge in [0.05, 0.1) is 11.3 Å². The Morgan fingerprint density at radius 3 is 2.58 bits per heavy atom. The molecule has 0 radical (unpaired) electrons. The van der Waals surface area contributed by atoms with E-state index in [1.165, 1.54) is 0 Å². The molecule has 2 atom stereocenters. The summed E-state index contributed by atoms with van der Waals surface area (Å²) in [5.74, 6) is 0.536. The normalized spacial score (nSPS) is 24.0. The van der Waals surface area contributed by atoms with Crippen molar-refractivity contribution in [3.8, 4) is 0 Å². The molecule has 1 aliphatic heterocycles. The smallest absolute Gasteiger partial charge is 0.367 e. The van der Waals surface area contributed by atoms with Crippen molar-refractivity contribution in [1.82, 2.24) is 0 Å². The molecule has 106 valence electrons. The molecule has 1 aromatic carbocycles. The molecule has 1 saturated heterocycles. The third-order valence-electron chi connectivity index (χ3n) is 3.63. The molecule has 0 bridgehead atoms. The summed E-state index contributed by atoms with van der Waals surface area (Å²) >= 11 is 6.76. The fraction of sp³-hybridized carbons (Fsp3) is 0.538. The molecule has 1 fully saturated rings. The minimum Gasteiger partial charge on any atom is -0.367 e. The molecule has 19 heavy (non-hydrogen) atoms. The Labute approximate surface area is 127 Å². The molecule has 0 aromatic heterocycles. The summed E-state index contributed by atoms with van der Waals surface area (Å²) in [5.41, 5.74) is 0.215. The molecule has 0 aliphatic carbocycles.